The number of furan rings is 2. The van der Waals surface area contributed by atoms with Gasteiger partial charge < -0.3 is 18.6 Å². The minimum absolute atomic E-state index is 0.282. The highest BCUT2D eigenvalue weighted by molar-refractivity contribution is 6.20. The van der Waals surface area contributed by atoms with E-state index in [0.29, 0.717) is 0 Å². The molecule has 7 aromatic rings. The van der Waals surface area contributed by atoms with Crippen LogP contribution in [0.1, 0.15) is 63.9 Å². The number of fused-ring (bicyclic) bond motifs is 8. The van der Waals surface area contributed by atoms with E-state index >= 15 is 0 Å². The molecule has 2 saturated heterocycles. The van der Waals surface area contributed by atoms with E-state index in [2.05, 4.69) is 90.4 Å². The fraction of sp³-hybridized carbons (Fsp3) is 0.333. The summed E-state index contributed by atoms with van der Waals surface area (Å²) in [5.41, 5.74) is 7.73. The summed E-state index contributed by atoms with van der Waals surface area (Å²) < 4.78 is 13.4. The summed E-state index contributed by atoms with van der Waals surface area (Å²) in [6.45, 7) is 9.15. The molecular formula is C39H38N2O2. The van der Waals surface area contributed by atoms with Gasteiger partial charge in [-0.1, -0.05) is 26.0 Å². The second-order valence-corrected chi connectivity index (χ2v) is 13.3. The van der Waals surface area contributed by atoms with Crippen molar-refractivity contribution in [2.75, 3.05) is 36.0 Å². The van der Waals surface area contributed by atoms with Crippen LogP contribution in [0.3, 0.4) is 0 Å². The first-order valence-electron chi connectivity index (χ1n) is 16.3. The van der Waals surface area contributed by atoms with Gasteiger partial charge in [0.2, 0.25) is 0 Å². The van der Waals surface area contributed by atoms with Crippen LogP contribution in [0, 0.1) is 0 Å². The molecule has 0 N–H and O–H groups in total. The van der Waals surface area contributed by atoms with Crippen LogP contribution in [-0.4, -0.2) is 26.2 Å². The standard InChI is InChI=1S/C39H38N2O2/c1-24(2)37-38-33-20-26-10-12-30(41-15-7-4-8-16-41)18-28(26)22-35(33)42-36(38)23-32-31-19-25-9-11-29(40-13-5-3-6-14-40)17-27(25)21-34(31)43-39(32)37/h9-12,17-24H,3-8,13-16H2,1-2H3. The van der Waals surface area contributed by atoms with Crippen molar-refractivity contribution in [2.45, 2.75) is 58.3 Å². The molecule has 0 aliphatic carbocycles. The van der Waals surface area contributed by atoms with E-state index in [1.807, 2.05) is 0 Å². The molecule has 2 fully saturated rings. The van der Waals surface area contributed by atoms with E-state index in [1.54, 1.807) is 0 Å². The van der Waals surface area contributed by atoms with Crippen LogP contribution in [0.15, 0.2) is 75.6 Å². The van der Waals surface area contributed by atoms with Crippen LogP contribution in [0.2, 0.25) is 0 Å². The second kappa shape index (κ2) is 9.67. The molecule has 4 nitrogen and oxygen atoms in total. The zero-order valence-corrected chi connectivity index (χ0v) is 25.2. The van der Waals surface area contributed by atoms with Crippen molar-refractivity contribution in [1.82, 2.24) is 0 Å². The molecule has 4 heterocycles. The van der Waals surface area contributed by atoms with Gasteiger partial charge in [-0.25, -0.2) is 0 Å². The zero-order valence-electron chi connectivity index (χ0n) is 25.2. The highest BCUT2D eigenvalue weighted by Crippen LogP contribution is 2.45. The SMILES string of the molecule is CC(C)c1c2oc3cc4cc(N5CCCCC5)ccc4cc3c2cc2oc3cc4cc(N5CCCCC5)ccc4cc3c12. The van der Waals surface area contributed by atoms with Gasteiger partial charge in [0, 0.05) is 64.7 Å². The Hall–Kier alpha value is -4.18. The monoisotopic (exact) mass is 566 g/mol. The van der Waals surface area contributed by atoms with Crippen molar-refractivity contribution in [1.29, 1.82) is 0 Å². The molecular weight excluding hydrogens is 528 g/mol. The summed E-state index contributed by atoms with van der Waals surface area (Å²) in [5, 5.41) is 9.66. The molecule has 0 atom stereocenters. The Labute approximate surface area is 251 Å². The third-order valence-electron chi connectivity index (χ3n) is 10.1. The molecule has 0 amide bonds. The Balaban J connectivity index is 1.23. The van der Waals surface area contributed by atoms with Crippen LogP contribution in [0.25, 0.3) is 65.4 Å². The van der Waals surface area contributed by atoms with Crippen molar-refractivity contribution in [2.24, 2.45) is 0 Å². The van der Waals surface area contributed by atoms with Gasteiger partial charge in [-0.2, -0.15) is 0 Å². The third-order valence-corrected chi connectivity index (χ3v) is 10.1. The minimum Gasteiger partial charge on any atom is -0.456 e. The molecule has 2 aliphatic heterocycles. The molecule has 0 saturated carbocycles. The van der Waals surface area contributed by atoms with Crippen molar-refractivity contribution >= 4 is 76.8 Å². The molecule has 0 spiro atoms. The summed E-state index contributed by atoms with van der Waals surface area (Å²) in [7, 11) is 0. The van der Waals surface area contributed by atoms with Gasteiger partial charge in [0.25, 0.3) is 0 Å². The smallest absolute Gasteiger partial charge is 0.139 e. The average Bonchev–Trinajstić information content (AvgIpc) is 3.58. The van der Waals surface area contributed by atoms with Crippen molar-refractivity contribution in [3.8, 4) is 0 Å². The van der Waals surface area contributed by atoms with Gasteiger partial charge >= 0.3 is 0 Å². The molecule has 0 radical (unpaired) electrons. The van der Waals surface area contributed by atoms with Gasteiger partial charge in [-0.15, -0.1) is 0 Å². The van der Waals surface area contributed by atoms with Crippen molar-refractivity contribution in [3.05, 3.63) is 72.3 Å². The van der Waals surface area contributed by atoms with Crippen molar-refractivity contribution in [3.63, 3.8) is 0 Å². The van der Waals surface area contributed by atoms with E-state index in [9.17, 15) is 0 Å². The fourth-order valence-electron chi connectivity index (χ4n) is 7.91. The maximum Gasteiger partial charge on any atom is 0.139 e. The lowest BCUT2D eigenvalue weighted by molar-refractivity contribution is 0.578. The molecule has 2 aliphatic rings. The highest BCUT2D eigenvalue weighted by Gasteiger charge is 2.23. The lowest BCUT2D eigenvalue weighted by Crippen LogP contribution is -2.29. The van der Waals surface area contributed by atoms with E-state index in [1.165, 1.54) is 87.8 Å². The van der Waals surface area contributed by atoms with E-state index in [-0.39, 0.29) is 5.92 Å². The lowest BCUT2D eigenvalue weighted by Gasteiger charge is -2.29. The van der Waals surface area contributed by atoms with Gasteiger partial charge in [0.15, 0.2) is 0 Å². The first kappa shape index (κ1) is 25.3. The molecule has 216 valence electrons. The third kappa shape index (κ3) is 4.02. The lowest BCUT2D eigenvalue weighted by atomic mass is 9.93. The van der Waals surface area contributed by atoms with Crippen LogP contribution in [0.5, 0.6) is 0 Å². The van der Waals surface area contributed by atoms with Crippen LogP contribution >= 0.6 is 0 Å². The van der Waals surface area contributed by atoms with Gasteiger partial charge in [0.1, 0.15) is 22.3 Å². The maximum absolute atomic E-state index is 6.77. The minimum atomic E-state index is 0.282. The molecule has 5 aromatic carbocycles. The molecule has 43 heavy (non-hydrogen) atoms. The second-order valence-electron chi connectivity index (χ2n) is 13.3. The summed E-state index contributed by atoms with van der Waals surface area (Å²) in [6, 6.07) is 25.2. The predicted molar refractivity (Wildman–Crippen MR) is 182 cm³/mol. The number of piperidine rings is 2. The number of rotatable bonds is 3. The number of anilines is 2. The number of benzene rings is 5. The quantitative estimate of drug-likeness (QED) is 0.213. The van der Waals surface area contributed by atoms with Gasteiger partial charge in [-0.3, -0.25) is 0 Å². The highest BCUT2D eigenvalue weighted by atomic mass is 16.3. The van der Waals surface area contributed by atoms with Crippen LogP contribution in [0.4, 0.5) is 11.4 Å². The molecule has 9 rings (SSSR count). The summed E-state index contributed by atoms with van der Waals surface area (Å²) >= 11 is 0. The Kier molecular flexibility index (Phi) is 5.70. The molecule has 2 aromatic heterocycles. The largest absolute Gasteiger partial charge is 0.456 e. The fourth-order valence-corrected chi connectivity index (χ4v) is 7.91. The van der Waals surface area contributed by atoms with E-state index in [4.69, 9.17) is 8.83 Å². The molecule has 4 heteroatoms. The zero-order chi connectivity index (χ0) is 28.7. The normalized spacial score (nSPS) is 16.7. The topological polar surface area (TPSA) is 32.8 Å². The Bertz CT molecular complexity index is 2150. The molecule has 0 unspecified atom stereocenters. The summed E-state index contributed by atoms with van der Waals surface area (Å²) in [4.78, 5) is 5.06. The first-order valence-corrected chi connectivity index (χ1v) is 16.3. The summed E-state index contributed by atoms with van der Waals surface area (Å²) in [6.07, 6.45) is 7.81. The van der Waals surface area contributed by atoms with E-state index < -0.39 is 0 Å². The number of nitrogens with zero attached hydrogens (tertiary/aromatic N) is 2. The van der Waals surface area contributed by atoms with E-state index in [0.717, 1.165) is 59.3 Å². The predicted octanol–water partition coefficient (Wildman–Crippen LogP) is 10.9. The Morgan fingerprint density at radius 1 is 0.512 bits per heavy atom. The van der Waals surface area contributed by atoms with Crippen LogP contribution < -0.4 is 9.80 Å². The summed E-state index contributed by atoms with van der Waals surface area (Å²) in [5.74, 6) is 0.282. The first-order chi connectivity index (χ1) is 21.1. The Morgan fingerprint density at radius 2 is 1.07 bits per heavy atom. The Morgan fingerprint density at radius 3 is 1.65 bits per heavy atom. The van der Waals surface area contributed by atoms with Crippen molar-refractivity contribution < 1.29 is 8.83 Å². The number of hydrogen-bond donors (Lipinski definition) is 0. The van der Waals surface area contributed by atoms with Gasteiger partial charge in [-0.05, 0) is 121 Å². The average molecular weight is 567 g/mol. The van der Waals surface area contributed by atoms with Crippen LogP contribution in [-0.2, 0) is 0 Å². The maximum atomic E-state index is 6.77. The number of hydrogen-bond acceptors (Lipinski definition) is 4. The van der Waals surface area contributed by atoms with Gasteiger partial charge in [0.05, 0.1) is 0 Å². The molecule has 0 bridgehead atoms.